The monoisotopic (exact) mass is 557 g/mol. The van der Waals surface area contributed by atoms with Gasteiger partial charge in [-0.3, -0.25) is 9.59 Å². The molecule has 0 aliphatic carbocycles. The molecule has 0 saturated carbocycles. The number of hydrogen-bond donors (Lipinski definition) is 0. The number of nitrogens with zero attached hydrogens (tertiary/aromatic N) is 3. The molecule has 8 nitrogen and oxygen atoms in total. The van der Waals surface area contributed by atoms with Crippen LogP contribution in [0.3, 0.4) is 0 Å². The Kier molecular flexibility index (Phi) is 7.82. The third-order valence-corrected chi connectivity index (χ3v) is 8.02. The third kappa shape index (κ3) is 5.93. The molecule has 0 saturated heterocycles. The number of para-hydroxylation sites is 1. The first-order chi connectivity index (χ1) is 17.6. The highest BCUT2D eigenvalue weighted by Crippen LogP contribution is 2.37. The highest BCUT2D eigenvalue weighted by Gasteiger charge is 2.23. The van der Waals surface area contributed by atoms with Gasteiger partial charge in [-0.2, -0.15) is 5.10 Å². The standard InChI is InChI=1S/C26H24ClN3O5S2/c1-4-35-25(31)16-29(2)26(32)20-15-22(30(28-20)21-11-6-5-10-19(21)27)24-13-12-23(36-24)17-8-7-9-18(14-17)37(3,33)34/h5-15H,4,16H2,1-3H3. The van der Waals surface area contributed by atoms with Crippen LogP contribution in [0, 0.1) is 0 Å². The Morgan fingerprint density at radius 2 is 1.78 bits per heavy atom. The Hall–Kier alpha value is -3.47. The molecule has 0 fully saturated rings. The number of carbonyl (C=O) groups is 2. The molecular formula is C26H24ClN3O5S2. The molecule has 2 heterocycles. The topological polar surface area (TPSA) is 98.6 Å². The van der Waals surface area contributed by atoms with Crippen LogP contribution in [0.4, 0.5) is 0 Å². The number of sulfone groups is 1. The smallest absolute Gasteiger partial charge is 0.325 e. The fourth-order valence-corrected chi connectivity index (χ4v) is 5.53. The van der Waals surface area contributed by atoms with Crippen molar-refractivity contribution >= 4 is 44.7 Å². The molecule has 0 radical (unpaired) electrons. The largest absolute Gasteiger partial charge is 0.465 e. The fraction of sp³-hybridized carbons (Fsp3) is 0.192. The van der Waals surface area contributed by atoms with Crippen LogP contribution in [0.15, 0.2) is 71.6 Å². The van der Waals surface area contributed by atoms with Crippen molar-refractivity contribution in [3.63, 3.8) is 0 Å². The minimum atomic E-state index is -3.35. The zero-order valence-electron chi connectivity index (χ0n) is 20.3. The predicted octanol–water partition coefficient (Wildman–Crippen LogP) is 4.96. The Morgan fingerprint density at radius 1 is 1.05 bits per heavy atom. The summed E-state index contributed by atoms with van der Waals surface area (Å²) in [7, 11) is -1.85. The first-order valence-corrected chi connectivity index (χ1v) is 14.3. The Bertz CT molecular complexity index is 1580. The van der Waals surface area contributed by atoms with E-state index in [1.165, 1.54) is 29.5 Å². The lowest BCUT2D eigenvalue weighted by Crippen LogP contribution is -2.33. The number of ether oxygens (including phenoxy) is 1. The van der Waals surface area contributed by atoms with Crippen molar-refractivity contribution in [3.8, 4) is 26.7 Å². The van der Waals surface area contributed by atoms with E-state index in [0.29, 0.717) is 16.4 Å². The van der Waals surface area contributed by atoms with Gasteiger partial charge in [0.25, 0.3) is 5.91 Å². The highest BCUT2D eigenvalue weighted by molar-refractivity contribution is 7.90. The number of benzene rings is 2. The van der Waals surface area contributed by atoms with Gasteiger partial charge >= 0.3 is 5.97 Å². The fourth-order valence-electron chi connectivity index (χ4n) is 3.65. The Labute approximate surface area is 224 Å². The molecule has 2 aromatic carbocycles. The molecule has 0 unspecified atom stereocenters. The van der Waals surface area contributed by atoms with Crippen LogP contribution < -0.4 is 0 Å². The lowest BCUT2D eigenvalue weighted by molar-refractivity contribution is -0.143. The van der Waals surface area contributed by atoms with Gasteiger partial charge in [-0.15, -0.1) is 11.3 Å². The van der Waals surface area contributed by atoms with E-state index >= 15 is 0 Å². The third-order valence-electron chi connectivity index (χ3n) is 5.43. The zero-order chi connectivity index (χ0) is 26.7. The number of thiophene rings is 1. The summed E-state index contributed by atoms with van der Waals surface area (Å²) in [5, 5.41) is 4.98. The Balaban J connectivity index is 1.76. The molecule has 4 aromatic rings. The van der Waals surface area contributed by atoms with Crippen LogP contribution >= 0.6 is 22.9 Å². The summed E-state index contributed by atoms with van der Waals surface area (Å²) >= 11 is 7.89. The quantitative estimate of drug-likeness (QED) is 0.284. The number of halogens is 1. The lowest BCUT2D eigenvalue weighted by atomic mass is 10.2. The SMILES string of the molecule is CCOC(=O)CN(C)C(=O)c1cc(-c2ccc(-c3cccc(S(C)(=O)=O)c3)s2)n(-c2ccccc2Cl)n1. The molecule has 0 N–H and O–H groups in total. The average molecular weight is 558 g/mol. The van der Waals surface area contributed by atoms with E-state index in [1.54, 1.807) is 54.1 Å². The summed E-state index contributed by atoms with van der Waals surface area (Å²) in [6.07, 6.45) is 1.17. The molecular weight excluding hydrogens is 534 g/mol. The van der Waals surface area contributed by atoms with Crippen LogP contribution in [0.1, 0.15) is 17.4 Å². The van der Waals surface area contributed by atoms with Crippen LogP contribution in [0.2, 0.25) is 5.02 Å². The van der Waals surface area contributed by atoms with Crippen molar-refractivity contribution in [1.29, 1.82) is 0 Å². The van der Waals surface area contributed by atoms with E-state index in [2.05, 4.69) is 5.10 Å². The van der Waals surface area contributed by atoms with Crippen LogP contribution in [-0.2, 0) is 19.4 Å². The van der Waals surface area contributed by atoms with Crippen molar-refractivity contribution < 1.29 is 22.7 Å². The number of aromatic nitrogens is 2. The molecule has 0 aliphatic rings. The van der Waals surface area contributed by atoms with E-state index in [4.69, 9.17) is 16.3 Å². The van der Waals surface area contributed by atoms with Gasteiger partial charge in [0.15, 0.2) is 15.5 Å². The van der Waals surface area contributed by atoms with Gasteiger partial charge in [0, 0.05) is 18.2 Å². The first-order valence-electron chi connectivity index (χ1n) is 11.2. The maximum absolute atomic E-state index is 13.1. The van der Waals surface area contributed by atoms with Crippen LogP contribution in [0.5, 0.6) is 0 Å². The highest BCUT2D eigenvalue weighted by atomic mass is 35.5. The summed E-state index contributed by atoms with van der Waals surface area (Å²) in [6, 6.07) is 19.3. The summed E-state index contributed by atoms with van der Waals surface area (Å²) in [5.41, 5.74) is 2.10. The summed E-state index contributed by atoms with van der Waals surface area (Å²) in [4.78, 5) is 28.1. The van der Waals surface area contributed by atoms with E-state index in [-0.39, 0.29) is 23.7 Å². The second-order valence-corrected chi connectivity index (χ2v) is 11.7. The molecule has 37 heavy (non-hydrogen) atoms. The van der Waals surface area contributed by atoms with Gasteiger partial charge in [0.1, 0.15) is 6.54 Å². The minimum Gasteiger partial charge on any atom is -0.465 e. The molecule has 4 rings (SSSR count). The lowest BCUT2D eigenvalue weighted by Gasteiger charge is -2.14. The van der Waals surface area contributed by atoms with Crippen molar-refractivity contribution in [2.75, 3.05) is 26.5 Å². The molecule has 0 atom stereocenters. The predicted molar refractivity (Wildman–Crippen MR) is 144 cm³/mol. The first kappa shape index (κ1) is 26.6. The van der Waals surface area contributed by atoms with Gasteiger partial charge in [0.2, 0.25) is 0 Å². The van der Waals surface area contributed by atoms with Crippen molar-refractivity contribution in [2.45, 2.75) is 11.8 Å². The van der Waals surface area contributed by atoms with Crippen molar-refractivity contribution in [3.05, 3.63) is 77.4 Å². The summed E-state index contributed by atoms with van der Waals surface area (Å²) in [6.45, 7) is 1.71. The normalized spacial score (nSPS) is 11.4. The van der Waals surface area contributed by atoms with Crippen molar-refractivity contribution in [2.24, 2.45) is 0 Å². The van der Waals surface area contributed by atoms with E-state index in [1.807, 2.05) is 24.3 Å². The van der Waals surface area contributed by atoms with Crippen LogP contribution in [-0.4, -0.2) is 61.4 Å². The molecule has 192 valence electrons. The van der Waals surface area contributed by atoms with Gasteiger partial charge in [0.05, 0.1) is 32.8 Å². The molecule has 1 amide bonds. The minimum absolute atomic E-state index is 0.135. The van der Waals surface area contributed by atoms with Gasteiger partial charge in [-0.1, -0.05) is 35.9 Å². The second kappa shape index (κ2) is 10.9. The molecule has 0 bridgehead atoms. The van der Waals surface area contributed by atoms with Gasteiger partial charge in [-0.25, -0.2) is 13.1 Å². The number of carbonyl (C=O) groups excluding carboxylic acids is 2. The second-order valence-electron chi connectivity index (χ2n) is 8.21. The number of likely N-dealkylation sites (N-methyl/N-ethyl adjacent to an activating group) is 1. The number of rotatable bonds is 8. The zero-order valence-corrected chi connectivity index (χ0v) is 22.7. The molecule has 0 aliphatic heterocycles. The van der Waals surface area contributed by atoms with Gasteiger partial charge in [-0.05, 0) is 55.0 Å². The summed E-state index contributed by atoms with van der Waals surface area (Å²) in [5.74, 6) is -0.957. The maximum Gasteiger partial charge on any atom is 0.325 e. The average Bonchev–Trinajstić information content (AvgIpc) is 3.51. The number of hydrogen-bond acceptors (Lipinski definition) is 7. The molecule has 2 aromatic heterocycles. The molecule has 0 spiro atoms. The number of amides is 1. The van der Waals surface area contributed by atoms with E-state index in [9.17, 15) is 18.0 Å². The summed E-state index contributed by atoms with van der Waals surface area (Å²) < 4.78 is 30.6. The molecule has 11 heteroatoms. The van der Waals surface area contributed by atoms with E-state index in [0.717, 1.165) is 15.3 Å². The van der Waals surface area contributed by atoms with Crippen LogP contribution in [0.25, 0.3) is 26.7 Å². The number of esters is 1. The van der Waals surface area contributed by atoms with Crippen molar-refractivity contribution in [1.82, 2.24) is 14.7 Å². The Morgan fingerprint density at radius 3 is 2.49 bits per heavy atom. The van der Waals surface area contributed by atoms with Gasteiger partial charge < -0.3 is 9.64 Å². The maximum atomic E-state index is 13.1. The van der Waals surface area contributed by atoms with E-state index < -0.39 is 21.7 Å².